The first-order valence-electron chi connectivity index (χ1n) is 8.70. The van der Waals surface area contributed by atoms with Crippen LogP contribution in [0.25, 0.3) is 11.1 Å². The minimum Gasteiger partial charge on any atom is -0.462 e. The van der Waals surface area contributed by atoms with E-state index in [2.05, 4.69) is 0 Å². The number of hydrogen-bond donors (Lipinski definition) is 0. The molecule has 136 valence electrons. The molecule has 0 atom stereocenters. The predicted octanol–water partition coefficient (Wildman–Crippen LogP) is 4.34. The van der Waals surface area contributed by atoms with E-state index in [0.717, 1.165) is 11.1 Å². The fourth-order valence-corrected chi connectivity index (χ4v) is 2.58. The molecule has 0 aliphatic heterocycles. The Bertz CT molecular complexity index is 730. The molecule has 0 aliphatic carbocycles. The highest BCUT2D eigenvalue weighted by atomic mass is 16.5. The van der Waals surface area contributed by atoms with Crippen LogP contribution in [0.15, 0.2) is 48.5 Å². The maximum Gasteiger partial charge on any atom is 0.339 e. The second-order valence-corrected chi connectivity index (χ2v) is 5.92. The van der Waals surface area contributed by atoms with Crippen LogP contribution >= 0.6 is 0 Å². The second kappa shape index (κ2) is 8.99. The summed E-state index contributed by atoms with van der Waals surface area (Å²) in [5.74, 6) is -1.08. The number of ether oxygens (including phenoxy) is 2. The van der Waals surface area contributed by atoms with Crippen LogP contribution in [0.4, 0.5) is 0 Å². The smallest absolute Gasteiger partial charge is 0.339 e. The van der Waals surface area contributed by atoms with Crippen molar-refractivity contribution in [3.8, 4) is 0 Å². The fraction of sp³-hybridized carbons (Fsp3) is 0.273. The van der Waals surface area contributed by atoms with Crippen LogP contribution in [0.1, 0.15) is 36.1 Å². The fourth-order valence-electron chi connectivity index (χ4n) is 2.58. The molecule has 0 spiro atoms. The van der Waals surface area contributed by atoms with E-state index in [9.17, 15) is 9.59 Å². The Morgan fingerprint density at radius 1 is 0.654 bits per heavy atom. The summed E-state index contributed by atoms with van der Waals surface area (Å²) >= 11 is 0. The molecule has 2 aromatic rings. The van der Waals surface area contributed by atoms with E-state index >= 15 is 0 Å². The van der Waals surface area contributed by atoms with Gasteiger partial charge in [-0.25, -0.2) is 9.59 Å². The number of carbonyl (C=O) groups is 2. The van der Waals surface area contributed by atoms with Crippen molar-refractivity contribution in [1.82, 2.24) is 0 Å². The molecule has 0 radical (unpaired) electrons. The molecule has 0 saturated carbocycles. The molecule has 0 heterocycles. The standard InChI is InChI=1S/C22H24O4/c1-5-25-21(23)19(17-11-7-15(3)8-12-17)20(22(24)26-6-2)18-13-9-16(4)10-14-18/h7-14H,5-6H2,1-4H3/b20-19+. The van der Waals surface area contributed by atoms with E-state index in [1.165, 1.54) is 0 Å². The van der Waals surface area contributed by atoms with Gasteiger partial charge in [-0.2, -0.15) is 0 Å². The molecule has 4 heteroatoms. The van der Waals surface area contributed by atoms with E-state index in [-0.39, 0.29) is 24.4 Å². The summed E-state index contributed by atoms with van der Waals surface area (Å²) in [5, 5.41) is 0. The molecule has 2 aromatic carbocycles. The third-order valence-electron chi connectivity index (χ3n) is 3.89. The van der Waals surface area contributed by atoms with Gasteiger partial charge >= 0.3 is 11.9 Å². The number of carbonyl (C=O) groups excluding carboxylic acids is 2. The van der Waals surface area contributed by atoms with Crippen molar-refractivity contribution in [3.05, 3.63) is 70.8 Å². The van der Waals surface area contributed by atoms with Gasteiger partial charge in [-0.15, -0.1) is 0 Å². The van der Waals surface area contributed by atoms with E-state index in [4.69, 9.17) is 9.47 Å². The average molecular weight is 352 g/mol. The molecule has 0 fully saturated rings. The first-order valence-corrected chi connectivity index (χ1v) is 8.70. The topological polar surface area (TPSA) is 52.6 Å². The maximum atomic E-state index is 12.7. The van der Waals surface area contributed by atoms with E-state index < -0.39 is 11.9 Å². The monoisotopic (exact) mass is 352 g/mol. The number of hydrogen-bond acceptors (Lipinski definition) is 4. The Balaban J connectivity index is 2.75. The van der Waals surface area contributed by atoms with Crippen LogP contribution < -0.4 is 0 Å². The zero-order chi connectivity index (χ0) is 19.1. The quantitative estimate of drug-likeness (QED) is 0.441. The van der Waals surface area contributed by atoms with Crippen LogP contribution in [0, 0.1) is 13.8 Å². The SMILES string of the molecule is CCOC(=O)/C(=C(/C(=O)OCC)c1ccc(C)cc1)c1ccc(C)cc1. The summed E-state index contributed by atoms with van der Waals surface area (Å²) in [7, 11) is 0. The molecule has 0 aliphatic rings. The summed E-state index contributed by atoms with van der Waals surface area (Å²) in [6.07, 6.45) is 0. The van der Waals surface area contributed by atoms with Gasteiger partial charge in [0.05, 0.1) is 24.4 Å². The molecule has 0 bridgehead atoms. The lowest BCUT2D eigenvalue weighted by molar-refractivity contribution is -0.138. The number of esters is 2. The number of aryl methyl sites for hydroxylation is 2. The average Bonchev–Trinajstić information content (AvgIpc) is 2.62. The van der Waals surface area contributed by atoms with Crippen LogP contribution in [0.2, 0.25) is 0 Å². The van der Waals surface area contributed by atoms with Gasteiger partial charge in [-0.1, -0.05) is 59.7 Å². The van der Waals surface area contributed by atoms with Crippen molar-refractivity contribution >= 4 is 23.1 Å². The van der Waals surface area contributed by atoms with Crippen LogP contribution in [0.5, 0.6) is 0 Å². The molecule has 0 unspecified atom stereocenters. The van der Waals surface area contributed by atoms with Gasteiger partial charge in [-0.05, 0) is 38.8 Å². The Morgan fingerprint density at radius 3 is 1.23 bits per heavy atom. The van der Waals surface area contributed by atoms with Gasteiger partial charge in [0.15, 0.2) is 0 Å². The van der Waals surface area contributed by atoms with Gasteiger partial charge in [0, 0.05) is 0 Å². The Morgan fingerprint density at radius 2 is 0.962 bits per heavy atom. The summed E-state index contributed by atoms with van der Waals surface area (Å²) in [4.78, 5) is 25.5. The molecule has 26 heavy (non-hydrogen) atoms. The summed E-state index contributed by atoms with van der Waals surface area (Å²) in [6.45, 7) is 7.84. The normalized spacial score (nSPS) is 11.5. The van der Waals surface area contributed by atoms with Gasteiger partial charge in [-0.3, -0.25) is 0 Å². The van der Waals surface area contributed by atoms with Crippen molar-refractivity contribution in [1.29, 1.82) is 0 Å². The summed E-state index contributed by atoms with van der Waals surface area (Å²) in [6, 6.07) is 14.8. The number of rotatable bonds is 6. The highest BCUT2D eigenvalue weighted by Crippen LogP contribution is 2.29. The highest BCUT2D eigenvalue weighted by Gasteiger charge is 2.26. The van der Waals surface area contributed by atoms with Crippen molar-refractivity contribution in [3.63, 3.8) is 0 Å². The molecular formula is C22H24O4. The van der Waals surface area contributed by atoms with E-state index in [1.54, 1.807) is 13.8 Å². The van der Waals surface area contributed by atoms with Crippen molar-refractivity contribution < 1.29 is 19.1 Å². The lowest BCUT2D eigenvalue weighted by Crippen LogP contribution is -2.15. The van der Waals surface area contributed by atoms with Gasteiger partial charge in [0.1, 0.15) is 0 Å². The van der Waals surface area contributed by atoms with Gasteiger partial charge in [0.2, 0.25) is 0 Å². The summed E-state index contributed by atoms with van der Waals surface area (Å²) < 4.78 is 10.5. The number of benzene rings is 2. The Hall–Kier alpha value is -2.88. The zero-order valence-electron chi connectivity index (χ0n) is 15.7. The van der Waals surface area contributed by atoms with Crippen LogP contribution in [-0.2, 0) is 19.1 Å². The van der Waals surface area contributed by atoms with Crippen molar-refractivity contribution in [2.75, 3.05) is 13.2 Å². The Kier molecular flexibility index (Phi) is 6.73. The first-order chi connectivity index (χ1) is 12.5. The lowest BCUT2D eigenvalue weighted by atomic mass is 9.93. The van der Waals surface area contributed by atoms with E-state index in [1.807, 2.05) is 62.4 Å². The zero-order valence-corrected chi connectivity index (χ0v) is 15.7. The van der Waals surface area contributed by atoms with Crippen molar-refractivity contribution in [2.24, 2.45) is 0 Å². The van der Waals surface area contributed by atoms with Crippen molar-refractivity contribution in [2.45, 2.75) is 27.7 Å². The Labute approximate surface area is 154 Å². The third kappa shape index (κ3) is 4.60. The predicted molar refractivity (Wildman–Crippen MR) is 102 cm³/mol. The molecule has 0 aromatic heterocycles. The molecule has 0 saturated heterocycles. The van der Waals surface area contributed by atoms with Gasteiger partial charge in [0.25, 0.3) is 0 Å². The molecular weight excluding hydrogens is 328 g/mol. The minimum absolute atomic E-state index is 0.217. The van der Waals surface area contributed by atoms with E-state index in [0.29, 0.717) is 11.1 Å². The van der Waals surface area contributed by atoms with Gasteiger partial charge < -0.3 is 9.47 Å². The molecule has 4 nitrogen and oxygen atoms in total. The minimum atomic E-state index is -0.542. The second-order valence-electron chi connectivity index (χ2n) is 5.92. The largest absolute Gasteiger partial charge is 0.462 e. The first kappa shape index (κ1) is 19.4. The molecule has 0 amide bonds. The lowest BCUT2D eigenvalue weighted by Gasteiger charge is -2.15. The van der Waals surface area contributed by atoms with Crippen LogP contribution in [-0.4, -0.2) is 25.2 Å². The summed E-state index contributed by atoms with van der Waals surface area (Å²) in [5.41, 5.74) is 3.80. The van der Waals surface area contributed by atoms with Crippen LogP contribution in [0.3, 0.4) is 0 Å². The third-order valence-corrected chi connectivity index (χ3v) is 3.89. The maximum absolute atomic E-state index is 12.7. The highest BCUT2D eigenvalue weighted by molar-refractivity contribution is 6.37. The molecule has 2 rings (SSSR count). The molecule has 0 N–H and O–H groups in total.